The van der Waals surface area contributed by atoms with Crippen LogP contribution >= 0.6 is 0 Å². The molecule has 1 rings (SSSR count). The van der Waals surface area contributed by atoms with E-state index >= 15 is 0 Å². The molecule has 0 saturated heterocycles. The standard InChI is InChI=1S/C11H15N3O5/c1-3-7-10(6(2)19-13-7)11(18)14(4-8(12)15)5-9(16)17/h3-5H2,1-2H3,(H2,12,15)(H,16,17). The van der Waals surface area contributed by atoms with E-state index in [9.17, 15) is 14.4 Å². The number of aromatic nitrogens is 1. The average molecular weight is 269 g/mol. The molecular weight excluding hydrogens is 254 g/mol. The number of rotatable bonds is 6. The fourth-order valence-electron chi connectivity index (χ4n) is 1.64. The maximum absolute atomic E-state index is 12.2. The van der Waals surface area contributed by atoms with Crippen LogP contribution in [0.3, 0.4) is 0 Å². The smallest absolute Gasteiger partial charge is 0.323 e. The number of hydrogen-bond acceptors (Lipinski definition) is 5. The number of primary amides is 1. The number of aryl methyl sites for hydroxylation is 2. The number of aliphatic carboxylic acids is 1. The maximum atomic E-state index is 12.2. The van der Waals surface area contributed by atoms with Crippen molar-refractivity contribution in [3.05, 3.63) is 17.0 Å². The average Bonchev–Trinajstić information content (AvgIpc) is 2.67. The van der Waals surface area contributed by atoms with Crippen LogP contribution in [-0.2, 0) is 16.0 Å². The van der Waals surface area contributed by atoms with Crippen LogP contribution in [0, 0.1) is 6.92 Å². The molecule has 1 heterocycles. The molecule has 0 atom stereocenters. The third-order valence-electron chi connectivity index (χ3n) is 2.44. The van der Waals surface area contributed by atoms with Gasteiger partial charge < -0.3 is 20.3 Å². The predicted octanol–water partition coefficient (Wildman–Crippen LogP) is -0.442. The molecule has 104 valence electrons. The summed E-state index contributed by atoms with van der Waals surface area (Å²) < 4.78 is 4.91. The van der Waals surface area contributed by atoms with Gasteiger partial charge in [0.15, 0.2) is 0 Å². The monoisotopic (exact) mass is 269 g/mol. The normalized spacial score (nSPS) is 10.2. The van der Waals surface area contributed by atoms with Crippen molar-refractivity contribution in [1.29, 1.82) is 0 Å². The number of carbonyl (C=O) groups is 3. The van der Waals surface area contributed by atoms with E-state index in [1.54, 1.807) is 13.8 Å². The molecule has 0 radical (unpaired) electrons. The van der Waals surface area contributed by atoms with Crippen LogP contribution in [0.2, 0.25) is 0 Å². The van der Waals surface area contributed by atoms with E-state index in [0.717, 1.165) is 4.90 Å². The largest absolute Gasteiger partial charge is 0.480 e. The lowest BCUT2D eigenvalue weighted by atomic mass is 10.1. The van der Waals surface area contributed by atoms with Gasteiger partial charge in [0.05, 0.1) is 5.69 Å². The molecule has 0 aliphatic rings. The van der Waals surface area contributed by atoms with Gasteiger partial charge in [0.1, 0.15) is 24.4 Å². The van der Waals surface area contributed by atoms with Crippen LogP contribution < -0.4 is 5.73 Å². The second-order valence-electron chi connectivity index (χ2n) is 3.94. The number of nitrogens with zero attached hydrogens (tertiary/aromatic N) is 2. The van der Waals surface area contributed by atoms with Crippen molar-refractivity contribution in [2.45, 2.75) is 20.3 Å². The van der Waals surface area contributed by atoms with Crippen LogP contribution in [0.1, 0.15) is 28.7 Å². The summed E-state index contributed by atoms with van der Waals surface area (Å²) in [6, 6.07) is 0. The van der Waals surface area contributed by atoms with E-state index in [1.165, 1.54) is 0 Å². The summed E-state index contributed by atoms with van der Waals surface area (Å²) >= 11 is 0. The Morgan fingerprint density at radius 3 is 2.47 bits per heavy atom. The zero-order valence-corrected chi connectivity index (χ0v) is 10.7. The SMILES string of the molecule is CCc1noc(C)c1C(=O)N(CC(N)=O)CC(=O)O. The van der Waals surface area contributed by atoms with Crippen molar-refractivity contribution in [3.63, 3.8) is 0 Å². The van der Waals surface area contributed by atoms with Crippen LogP contribution in [0.25, 0.3) is 0 Å². The molecule has 0 aliphatic carbocycles. The Morgan fingerprint density at radius 1 is 1.37 bits per heavy atom. The Labute approximate surface area is 109 Å². The summed E-state index contributed by atoms with van der Waals surface area (Å²) in [6.45, 7) is 2.24. The topological polar surface area (TPSA) is 127 Å². The van der Waals surface area contributed by atoms with E-state index in [0.29, 0.717) is 12.1 Å². The quantitative estimate of drug-likeness (QED) is 0.720. The Bertz CT molecular complexity index is 492. The van der Waals surface area contributed by atoms with Gasteiger partial charge in [-0.1, -0.05) is 12.1 Å². The van der Waals surface area contributed by atoms with Crippen molar-refractivity contribution in [2.24, 2.45) is 5.73 Å². The van der Waals surface area contributed by atoms with Gasteiger partial charge in [-0.2, -0.15) is 0 Å². The molecule has 0 spiro atoms. The lowest BCUT2D eigenvalue weighted by Crippen LogP contribution is -2.41. The molecule has 8 nitrogen and oxygen atoms in total. The Balaban J connectivity index is 3.07. The van der Waals surface area contributed by atoms with Gasteiger partial charge in [0.25, 0.3) is 5.91 Å². The molecule has 19 heavy (non-hydrogen) atoms. The molecule has 1 aromatic rings. The molecule has 0 aliphatic heterocycles. The Kier molecular flexibility index (Phi) is 4.62. The van der Waals surface area contributed by atoms with Gasteiger partial charge >= 0.3 is 5.97 Å². The number of carbonyl (C=O) groups excluding carboxylic acids is 2. The van der Waals surface area contributed by atoms with E-state index in [4.69, 9.17) is 15.4 Å². The lowest BCUT2D eigenvalue weighted by molar-refractivity contribution is -0.138. The van der Waals surface area contributed by atoms with Crippen molar-refractivity contribution < 1.29 is 24.0 Å². The van der Waals surface area contributed by atoms with Crippen LogP contribution in [0.15, 0.2) is 4.52 Å². The first-order chi connectivity index (χ1) is 8.86. The number of amides is 2. The molecule has 0 unspecified atom stereocenters. The number of hydrogen-bond donors (Lipinski definition) is 2. The van der Waals surface area contributed by atoms with Crippen molar-refractivity contribution >= 4 is 17.8 Å². The van der Waals surface area contributed by atoms with Crippen LogP contribution in [0.4, 0.5) is 0 Å². The first kappa shape index (κ1) is 14.7. The third-order valence-corrected chi connectivity index (χ3v) is 2.44. The van der Waals surface area contributed by atoms with Gasteiger partial charge in [-0.3, -0.25) is 14.4 Å². The van der Waals surface area contributed by atoms with Crippen molar-refractivity contribution in [3.8, 4) is 0 Å². The summed E-state index contributed by atoms with van der Waals surface area (Å²) in [5, 5.41) is 12.5. The van der Waals surface area contributed by atoms with Crippen LogP contribution in [-0.4, -0.2) is 46.0 Å². The minimum Gasteiger partial charge on any atom is -0.480 e. The molecule has 8 heteroatoms. The molecule has 3 N–H and O–H groups in total. The lowest BCUT2D eigenvalue weighted by Gasteiger charge is -2.18. The zero-order valence-electron chi connectivity index (χ0n) is 10.7. The second-order valence-corrected chi connectivity index (χ2v) is 3.94. The Hall–Kier alpha value is -2.38. The summed E-state index contributed by atoms with van der Waals surface area (Å²) in [5.41, 5.74) is 5.61. The molecule has 0 saturated carbocycles. The van der Waals surface area contributed by atoms with Gasteiger partial charge in [-0.05, 0) is 13.3 Å². The predicted molar refractivity (Wildman–Crippen MR) is 63.4 cm³/mol. The third kappa shape index (κ3) is 3.54. The summed E-state index contributed by atoms with van der Waals surface area (Å²) in [7, 11) is 0. The number of nitrogens with two attached hydrogens (primary N) is 1. The zero-order chi connectivity index (χ0) is 14.6. The fraction of sp³-hybridized carbons (Fsp3) is 0.455. The van der Waals surface area contributed by atoms with Gasteiger partial charge in [0, 0.05) is 0 Å². The Morgan fingerprint density at radius 2 is 2.00 bits per heavy atom. The van der Waals surface area contributed by atoms with E-state index < -0.39 is 30.9 Å². The van der Waals surface area contributed by atoms with Crippen LogP contribution in [0.5, 0.6) is 0 Å². The molecule has 0 aromatic carbocycles. The number of carboxylic acids is 1. The van der Waals surface area contributed by atoms with E-state index in [-0.39, 0.29) is 11.3 Å². The highest BCUT2D eigenvalue weighted by molar-refractivity contribution is 5.99. The molecular formula is C11H15N3O5. The van der Waals surface area contributed by atoms with Gasteiger partial charge in [0.2, 0.25) is 5.91 Å². The molecule has 0 bridgehead atoms. The minimum atomic E-state index is -1.23. The molecule has 2 amide bonds. The highest BCUT2D eigenvalue weighted by atomic mass is 16.5. The highest BCUT2D eigenvalue weighted by Gasteiger charge is 2.26. The van der Waals surface area contributed by atoms with Crippen molar-refractivity contribution in [2.75, 3.05) is 13.1 Å². The summed E-state index contributed by atoms with van der Waals surface area (Å²) in [6.07, 6.45) is 0.454. The van der Waals surface area contributed by atoms with E-state index in [1.807, 2.05) is 0 Å². The highest BCUT2D eigenvalue weighted by Crippen LogP contribution is 2.16. The van der Waals surface area contributed by atoms with Crippen molar-refractivity contribution in [1.82, 2.24) is 10.1 Å². The summed E-state index contributed by atoms with van der Waals surface area (Å²) in [4.78, 5) is 34.7. The van der Waals surface area contributed by atoms with E-state index in [2.05, 4.69) is 5.16 Å². The fourth-order valence-corrected chi connectivity index (χ4v) is 1.64. The number of carboxylic acid groups (broad SMARTS) is 1. The maximum Gasteiger partial charge on any atom is 0.323 e. The minimum absolute atomic E-state index is 0.185. The summed E-state index contributed by atoms with van der Waals surface area (Å²) in [5.74, 6) is -2.37. The molecule has 0 fully saturated rings. The molecule has 1 aromatic heterocycles. The van der Waals surface area contributed by atoms with Gasteiger partial charge in [-0.15, -0.1) is 0 Å². The van der Waals surface area contributed by atoms with Gasteiger partial charge in [-0.25, -0.2) is 0 Å². The first-order valence-corrected chi connectivity index (χ1v) is 5.61. The second kappa shape index (κ2) is 5.98. The first-order valence-electron chi connectivity index (χ1n) is 5.61.